The number of rotatable bonds is 2. The standard InChI is InChI=1S/C9H11OSi/c1-3-7-8(10-2)5-4-6-9(7)11/h4-6H,3H2,1-2H3. The van der Waals surface area contributed by atoms with Crippen LogP contribution in [0.4, 0.5) is 0 Å². The molecule has 0 atom stereocenters. The Kier molecular flexibility index (Phi) is 2.71. The molecule has 0 saturated heterocycles. The predicted octanol–water partition coefficient (Wildman–Crippen LogP) is 1.05. The van der Waals surface area contributed by atoms with E-state index in [0.29, 0.717) is 0 Å². The van der Waals surface area contributed by atoms with E-state index in [1.165, 1.54) is 5.56 Å². The first kappa shape index (κ1) is 8.33. The van der Waals surface area contributed by atoms with Crippen LogP contribution in [0.25, 0.3) is 0 Å². The first-order chi connectivity index (χ1) is 5.29. The van der Waals surface area contributed by atoms with Crippen molar-refractivity contribution in [3.05, 3.63) is 23.8 Å². The summed E-state index contributed by atoms with van der Waals surface area (Å²) in [6, 6.07) is 5.97. The molecule has 1 rings (SSSR count). The van der Waals surface area contributed by atoms with E-state index in [0.717, 1.165) is 17.4 Å². The van der Waals surface area contributed by atoms with Crippen LogP contribution in [0.3, 0.4) is 0 Å². The summed E-state index contributed by atoms with van der Waals surface area (Å²) in [6.07, 6.45) is 0.989. The lowest BCUT2D eigenvalue weighted by Crippen LogP contribution is -2.10. The Bertz CT molecular complexity index is 245. The van der Waals surface area contributed by atoms with Crippen LogP contribution >= 0.6 is 0 Å². The molecule has 0 spiro atoms. The van der Waals surface area contributed by atoms with Crippen LogP contribution < -0.4 is 9.92 Å². The number of ether oxygens (including phenoxy) is 1. The van der Waals surface area contributed by atoms with Gasteiger partial charge in [-0.25, -0.2) is 0 Å². The SMILES string of the molecule is CCc1c([Si])cccc1OC. The molecule has 0 bridgehead atoms. The van der Waals surface area contributed by atoms with Crippen molar-refractivity contribution in [3.63, 3.8) is 0 Å². The molecule has 0 heterocycles. The molecule has 0 aliphatic rings. The van der Waals surface area contributed by atoms with E-state index >= 15 is 0 Å². The molecule has 0 aliphatic carbocycles. The van der Waals surface area contributed by atoms with E-state index in [4.69, 9.17) is 4.74 Å². The van der Waals surface area contributed by atoms with Gasteiger partial charge in [-0.2, -0.15) is 0 Å². The van der Waals surface area contributed by atoms with Gasteiger partial charge in [0.1, 0.15) is 5.75 Å². The zero-order valence-electron chi connectivity index (χ0n) is 6.85. The van der Waals surface area contributed by atoms with Crippen molar-refractivity contribution >= 4 is 15.4 Å². The fraction of sp³-hybridized carbons (Fsp3) is 0.333. The molecule has 0 saturated carbocycles. The van der Waals surface area contributed by atoms with E-state index in [2.05, 4.69) is 17.2 Å². The second-order valence-corrected chi connectivity index (χ2v) is 2.88. The minimum absolute atomic E-state index is 0.958. The highest BCUT2D eigenvalue weighted by Gasteiger charge is 2.01. The van der Waals surface area contributed by atoms with E-state index in [-0.39, 0.29) is 0 Å². The molecular weight excluding hydrogens is 152 g/mol. The molecule has 0 N–H and O–H groups in total. The second-order valence-electron chi connectivity index (χ2n) is 2.34. The second kappa shape index (κ2) is 3.58. The largest absolute Gasteiger partial charge is 0.496 e. The highest BCUT2D eigenvalue weighted by atomic mass is 28.1. The van der Waals surface area contributed by atoms with Gasteiger partial charge in [0.05, 0.1) is 17.4 Å². The summed E-state index contributed by atoms with van der Waals surface area (Å²) in [5.74, 6) is 0.958. The van der Waals surface area contributed by atoms with Crippen molar-refractivity contribution in [3.8, 4) is 5.75 Å². The summed E-state index contributed by atoms with van der Waals surface area (Å²) in [7, 11) is 5.21. The van der Waals surface area contributed by atoms with Crippen molar-refractivity contribution in [2.75, 3.05) is 7.11 Å². The van der Waals surface area contributed by atoms with Crippen LogP contribution in [-0.2, 0) is 6.42 Å². The van der Waals surface area contributed by atoms with Gasteiger partial charge in [0.25, 0.3) is 0 Å². The normalized spacial score (nSPS) is 9.73. The maximum atomic E-state index is 5.19. The highest BCUT2D eigenvalue weighted by molar-refractivity contribution is 6.33. The quantitative estimate of drug-likeness (QED) is 0.592. The summed E-state index contributed by atoms with van der Waals surface area (Å²) >= 11 is 0. The summed E-state index contributed by atoms with van der Waals surface area (Å²) < 4.78 is 5.19. The number of methoxy groups -OCH3 is 1. The zero-order valence-corrected chi connectivity index (χ0v) is 7.85. The molecule has 1 nitrogen and oxygen atoms in total. The third-order valence-corrected chi connectivity index (χ3v) is 2.17. The average Bonchev–Trinajstić information content (AvgIpc) is 2.04. The molecule has 0 amide bonds. The predicted molar refractivity (Wildman–Crippen MR) is 47.8 cm³/mol. The molecule has 57 valence electrons. The highest BCUT2D eigenvalue weighted by Crippen LogP contribution is 2.14. The van der Waals surface area contributed by atoms with Crippen LogP contribution in [0, 0.1) is 0 Å². The van der Waals surface area contributed by atoms with Crippen molar-refractivity contribution < 1.29 is 4.74 Å². The van der Waals surface area contributed by atoms with Crippen LogP contribution in [0.5, 0.6) is 5.75 Å². The fourth-order valence-corrected chi connectivity index (χ4v) is 1.52. The van der Waals surface area contributed by atoms with Gasteiger partial charge in [-0.1, -0.05) is 24.2 Å². The minimum Gasteiger partial charge on any atom is -0.496 e. The van der Waals surface area contributed by atoms with Gasteiger partial charge in [-0.15, -0.1) is 0 Å². The smallest absolute Gasteiger partial charge is 0.121 e. The van der Waals surface area contributed by atoms with E-state index in [1.54, 1.807) is 7.11 Å². The first-order valence-corrected chi connectivity index (χ1v) is 4.17. The monoisotopic (exact) mass is 163 g/mol. The van der Waals surface area contributed by atoms with Gasteiger partial charge >= 0.3 is 0 Å². The molecule has 3 radical (unpaired) electrons. The Hall–Kier alpha value is -0.763. The summed E-state index contributed by atoms with van der Waals surface area (Å²) in [6.45, 7) is 2.11. The average molecular weight is 163 g/mol. The maximum absolute atomic E-state index is 5.19. The van der Waals surface area contributed by atoms with Gasteiger partial charge < -0.3 is 4.74 Å². The molecule has 0 fully saturated rings. The Morgan fingerprint density at radius 2 is 2.18 bits per heavy atom. The van der Waals surface area contributed by atoms with E-state index < -0.39 is 0 Å². The lowest BCUT2D eigenvalue weighted by atomic mass is 10.1. The maximum Gasteiger partial charge on any atom is 0.121 e. The Balaban J connectivity index is 3.13. The van der Waals surface area contributed by atoms with Crippen molar-refractivity contribution in [1.82, 2.24) is 0 Å². The van der Waals surface area contributed by atoms with Gasteiger partial charge in [-0.3, -0.25) is 0 Å². The summed E-state index contributed by atoms with van der Waals surface area (Å²) in [4.78, 5) is 0. The summed E-state index contributed by atoms with van der Waals surface area (Å²) in [5, 5.41) is 1.12. The van der Waals surface area contributed by atoms with Gasteiger partial charge in [0.2, 0.25) is 0 Å². The molecular formula is C9H11OSi. The van der Waals surface area contributed by atoms with Crippen LogP contribution in [-0.4, -0.2) is 17.4 Å². The van der Waals surface area contributed by atoms with Crippen molar-refractivity contribution in [2.24, 2.45) is 0 Å². The molecule has 0 aliphatic heterocycles. The van der Waals surface area contributed by atoms with Gasteiger partial charge in [0.15, 0.2) is 0 Å². The number of benzene rings is 1. The molecule has 1 aromatic rings. The molecule has 0 aromatic heterocycles. The first-order valence-electron chi connectivity index (χ1n) is 3.67. The van der Waals surface area contributed by atoms with E-state index in [1.807, 2.05) is 18.2 Å². The van der Waals surface area contributed by atoms with Crippen LogP contribution in [0.1, 0.15) is 12.5 Å². The van der Waals surface area contributed by atoms with Crippen molar-refractivity contribution in [1.29, 1.82) is 0 Å². The van der Waals surface area contributed by atoms with Crippen molar-refractivity contribution in [2.45, 2.75) is 13.3 Å². The molecule has 2 heteroatoms. The van der Waals surface area contributed by atoms with Gasteiger partial charge in [-0.05, 0) is 18.1 Å². The van der Waals surface area contributed by atoms with Crippen LogP contribution in [0.15, 0.2) is 18.2 Å². The third-order valence-electron chi connectivity index (χ3n) is 1.71. The van der Waals surface area contributed by atoms with Crippen LogP contribution in [0.2, 0.25) is 0 Å². The molecule has 11 heavy (non-hydrogen) atoms. The topological polar surface area (TPSA) is 9.23 Å². The Morgan fingerprint density at radius 3 is 2.64 bits per heavy atom. The number of hydrogen-bond donors (Lipinski definition) is 0. The number of hydrogen-bond acceptors (Lipinski definition) is 1. The zero-order chi connectivity index (χ0) is 8.27. The lowest BCUT2D eigenvalue weighted by Gasteiger charge is -2.08. The Morgan fingerprint density at radius 1 is 1.45 bits per heavy atom. The molecule has 1 aromatic carbocycles. The molecule has 0 unspecified atom stereocenters. The third kappa shape index (κ3) is 1.63. The van der Waals surface area contributed by atoms with Gasteiger partial charge in [0, 0.05) is 0 Å². The lowest BCUT2D eigenvalue weighted by molar-refractivity contribution is 0.410. The summed E-state index contributed by atoms with van der Waals surface area (Å²) in [5.41, 5.74) is 1.23. The minimum atomic E-state index is 0.958. The van der Waals surface area contributed by atoms with E-state index in [9.17, 15) is 0 Å². The Labute approximate surface area is 70.8 Å². The fourth-order valence-electron chi connectivity index (χ4n) is 1.12.